The molecule has 0 N–H and O–H groups in total. The lowest BCUT2D eigenvalue weighted by Crippen LogP contribution is -2.26. The number of imidazole rings is 1. The molecule has 162 valence electrons. The summed E-state index contributed by atoms with van der Waals surface area (Å²) in [4.78, 5) is 7.89. The highest BCUT2D eigenvalue weighted by Gasteiger charge is 2.28. The zero-order valence-electron chi connectivity index (χ0n) is 17.7. The molecule has 1 aliphatic carbocycles. The number of methoxy groups -OCH3 is 1. The van der Waals surface area contributed by atoms with Crippen LogP contribution in [0.5, 0.6) is 0 Å². The first kappa shape index (κ1) is 22.5. The van der Waals surface area contributed by atoms with E-state index in [0.29, 0.717) is 19.7 Å². The van der Waals surface area contributed by atoms with E-state index in [0.717, 1.165) is 31.4 Å². The molecule has 0 spiro atoms. The van der Waals surface area contributed by atoms with Crippen LogP contribution in [-0.4, -0.2) is 49.4 Å². The van der Waals surface area contributed by atoms with Gasteiger partial charge in [0.25, 0.3) is 0 Å². The molecule has 29 heavy (non-hydrogen) atoms. The third-order valence-electron chi connectivity index (χ3n) is 5.91. The van der Waals surface area contributed by atoms with Gasteiger partial charge in [0.2, 0.25) is 15.0 Å². The highest BCUT2D eigenvalue weighted by molar-refractivity contribution is 7.91. The number of thiophene rings is 1. The van der Waals surface area contributed by atoms with Crippen molar-refractivity contribution in [2.75, 3.05) is 26.5 Å². The second-order valence-electron chi connectivity index (χ2n) is 8.07. The van der Waals surface area contributed by atoms with Gasteiger partial charge in [0.1, 0.15) is 0 Å². The lowest BCUT2D eigenvalue weighted by atomic mass is 9.91. The van der Waals surface area contributed by atoms with Crippen LogP contribution in [0.4, 0.5) is 0 Å². The van der Waals surface area contributed by atoms with Gasteiger partial charge in [-0.3, -0.25) is 4.90 Å². The summed E-state index contributed by atoms with van der Waals surface area (Å²) in [6.07, 6.45) is 7.22. The molecule has 1 aliphatic rings. The molecule has 1 unspecified atom stereocenters. The van der Waals surface area contributed by atoms with Crippen LogP contribution in [0.2, 0.25) is 0 Å². The van der Waals surface area contributed by atoms with Gasteiger partial charge in [-0.2, -0.15) is 0 Å². The smallest absolute Gasteiger partial charge is 0.227 e. The fourth-order valence-corrected chi connectivity index (χ4v) is 6.77. The van der Waals surface area contributed by atoms with Crippen molar-refractivity contribution in [3.8, 4) is 0 Å². The number of rotatable bonds is 10. The molecule has 0 aliphatic heterocycles. The van der Waals surface area contributed by atoms with E-state index in [1.807, 2.05) is 4.57 Å². The quantitative estimate of drug-likeness (QED) is 0.557. The summed E-state index contributed by atoms with van der Waals surface area (Å²) in [6.45, 7) is 3.75. The summed E-state index contributed by atoms with van der Waals surface area (Å²) in [5.74, 6) is 0.462. The Hall–Kier alpha value is -1.22. The van der Waals surface area contributed by atoms with E-state index in [4.69, 9.17) is 4.74 Å². The summed E-state index contributed by atoms with van der Waals surface area (Å²) in [7, 11) is 0.281. The predicted molar refractivity (Wildman–Crippen MR) is 117 cm³/mol. The first-order valence-corrected chi connectivity index (χ1v) is 13.0. The van der Waals surface area contributed by atoms with Crippen LogP contribution in [0.1, 0.15) is 55.6 Å². The Morgan fingerprint density at radius 2 is 2.10 bits per heavy atom. The van der Waals surface area contributed by atoms with Crippen molar-refractivity contribution < 1.29 is 13.2 Å². The zero-order valence-corrected chi connectivity index (χ0v) is 19.3. The van der Waals surface area contributed by atoms with Crippen LogP contribution in [0.3, 0.4) is 0 Å². The number of aromatic nitrogens is 2. The molecule has 0 aromatic carbocycles. The molecular formula is C21H33N3O3S2. The van der Waals surface area contributed by atoms with Gasteiger partial charge in [0, 0.05) is 31.1 Å². The van der Waals surface area contributed by atoms with Gasteiger partial charge < -0.3 is 9.30 Å². The monoisotopic (exact) mass is 439 g/mol. The van der Waals surface area contributed by atoms with Crippen LogP contribution in [0, 0.1) is 5.92 Å². The zero-order chi connectivity index (χ0) is 20.9. The summed E-state index contributed by atoms with van der Waals surface area (Å²) >= 11 is 1.74. The molecule has 2 heterocycles. The maximum Gasteiger partial charge on any atom is 0.227 e. The SMILES string of the molecule is COCCn1c(CN(C)C(C)c2cccs2)cnc1S(=O)(=O)CC1CCCCC1. The lowest BCUT2D eigenvalue weighted by Gasteiger charge is -2.25. The second-order valence-corrected chi connectivity index (χ2v) is 11.0. The molecule has 0 bridgehead atoms. The third kappa shape index (κ3) is 5.69. The molecule has 0 radical (unpaired) electrons. The Morgan fingerprint density at radius 3 is 2.76 bits per heavy atom. The Kier molecular flexibility index (Phi) is 7.90. The Morgan fingerprint density at radius 1 is 1.34 bits per heavy atom. The molecule has 1 fully saturated rings. The maximum absolute atomic E-state index is 13.2. The fraction of sp³-hybridized carbons (Fsp3) is 0.667. The van der Waals surface area contributed by atoms with Crippen LogP contribution in [0.25, 0.3) is 0 Å². The molecule has 0 amide bonds. The number of ether oxygens (including phenoxy) is 1. The van der Waals surface area contributed by atoms with E-state index in [9.17, 15) is 8.42 Å². The molecule has 2 aromatic rings. The van der Waals surface area contributed by atoms with Crippen molar-refractivity contribution in [3.05, 3.63) is 34.3 Å². The highest BCUT2D eigenvalue weighted by atomic mass is 32.2. The van der Waals surface area contributed by atoms with Gasteiger partial charge in [0.15, 0.2) is 0 Å². The summed E-state index contributed by atoms with van der Waals surface area (Å²) < 4.78 is 33.4. The summed E-state index contributed by atoms with van der Waals surface area (Å²) in [5.41, 5.74) is 0.912. The minimum absolute atomic E-state index is 0.201. The number of hydrogen-bond donors (Lipinski definition) is 0. The van der Waals surface area contributed by atoms with E-state index in [1.165, 1.54) is 11.3 Å². The standard InChI is InChI=1S/C21H33N3O3S2/c1-17(20-10-7-13-28-20)23(2)15-19-14-22-21(24(19)11-12-27-3)29(25,26)16-18-8-5-4-6-9-18/h7,10,13-14,17-18H,4-6,8-9,11-12,15-16H2,1-3H3. The molecule has 1 atom stereocenters. The van der Waals surface area contributed by atoms with Crippen molar-refractivity contribution in [2.24, 2.45) is 5.92 Å². The molecule has 0 saturated heterocycles. The average Bonchev–Trinajstić information content (AvgIpc) is 3.36. The van der Waals surface area contributed by atoms with Gasteiger partial charge >= 0.3 is 0 Å². The van der Waals surface area contributed by atoms with Crippen LogP contribution < -0.4 is 0 Å². The van der Waals surface area contributed by atoms with E-state index in [-0.39, 0.29) is 22.9 Å². The van der Waals surface area contributed by atoms with Crippen molar-refractivity contribution >= 4 is 21.2 Å². The molecule has 1 saturated carbocycles. The Bertz CT molecular complexity index is 856. The topological polar surface area (TPSA) is 64.4 Å². The molecule has 3 rings (SSSR count). The van der Waals surface area contributed by atoms with E-state index in [1.54, 1.807) is 24.6 Å². The van der Waals surface area contributed by atoms with Crippen LogP contribution in [-0.2, 0) is 27.7 Å². The first-order chi connectivity index (χ1) is 13.9. The summed E-state index contributed by atoms with van der Waals surface area (Å²) in [5, 5.41) is 2.28. The minimum Gasteiger partial charge on any atom is -0.383 e. The van der Waals surface area contributed by atoms with Crippen molar-refractivity contribution in [1.82, 2.24) is 14.5 Å². The third-order valence-corrected chi connectivity index (χ3v) is 8.74. The highest BCUT2D eigenvalue weighted by Crippen LogP contribution is 2.28. The van der Waals surface area contributed by atoms with E-state index >= 15 is 0 Å². The lowest BCUT2D eigenvalue weighted by molar-refractivity contribution is 0.180. The normalized spacial score (nSPS) is 17.1. The molecule has 8 heteroatoms. The van der Waals surface area contributed by atoms with E-state index < -0.39 is 9.84 Å². The number of hydrogen-bond acceptors (Lipinski definition) is 6. The van der Waals surface area contributed by atoms with Crippen LogP contribution in [0.15, 0.2) is 28.9 Å². The van der Waals surface area contributed by atoms with Gasteiger partial charge in [0.05, 0.1) is 24.3 Å². The molecular weight excluding hydrogens is 406 g/mol. The van der Waals surface area contributed by atoms with Gasteiger partial charge in [-0.15, -0.1) is 11.3 Å². The van der Waals surface area contributed by atoms with E-state index in [2.05, 4.69) is 41.4 Å². The second kappa shape index (κ2) is 10.2. The van der Waals surface area contributed by atoms with Crippen molar-refractivity contribution in [1.29, 1.82) is 0 Å². The minimum atomic E-state index is -3.42. The number of nitrogens with zero attached hydrogens (tertiary/aromatic N) is 3. The van der Waals surface area contributed by atoms with Crippen molar-refractivity contribution in [3.63, 3.8) is 0 Å². The van der Waals surface area contributed by atoms with Gasteiger partial charge in [-0.25, -0.2) is 13.4 Å². The molecule has 6 nitrogen and oxygen atoms in total. The Labute approximate surface area is 178 Å². The van der Waals surface area contributed by atoms with Crippen molar-refractivity contribution in [2.45, 2.75) is 63.3 Å². The number of sulfone groups is 1. The molecule has 2 aromatic heterocycles. The van der Waals surface area contributed by atoms with Gasteiger partial charge in [-0.05, 0) is 44.2 Å². The maximum atomic E-state index is 13.2. The summed E-state index contributed by atoms with van der Waals surface area (Å²) in [6, 6.07) is 4.44. The van der Waals surface area contributed by atoms with Crippen LogP contribution >= 0.6 is 11.3 Å². The average molecular weight is 440 g/mol. The first-order valence-electron chi connectivity index (χ1n) is 10.4. The predicted octanol–water partition coefficient (Wildman–Crippen LogP) is 4.14. The largest absolute Gasteiger partial charge is 0.383 e. The fourth-order valence-electron chi connectivity index (χ4n) is 4.07. The van der Waals surface area contributed by atoms with Gasteiger partial charge in [-0.1, -0.05) is 25.3 Å². The Balaban J connectivity index is 1.80.